The number of Topliss-reactive ketones (excluding diaryl/α,β-unsaturated/α-hetero) is 1. The van der Waals surface area contributed by atoms with E-state index in [1.807, 2.05) is 0 Å². The Balaban J connectivity index is 1.64. The van der Waals surface area contributed by atoms with Crippen molar-refractivity contribution in [2.45, 2.75) is 57.0 Å². The van der Waals surface area contributed by atoms with Gasteiger partial charge in [0.05, 0.1) is 6.04 Å². The van der Waals surface area contributed by atoms with Crippen molar-refractivity contribution in [3.63, 3.8) is 0 Å². The summed E-state index contributed by atoms with van der Waals surface area (Å²) in [7, 11) is 0. The van der Waals surface area contributed by atoms with Crippen LogP contribution in [0.25, 0.3) is 0 Å². The summed E-state index contributed by atoms with van der Waals surface area (Å²) in [5, 5.41) is 3.44. The molecule has 0 bridgehead atoms. The van der Waals surface area contributed by atoms with Crippen molar-refractivity contribution in [3.05, 3.63) is 35.4 Å². The summed E-state index contributed by atoms with van der Waals surface area (Å²) >= 11 is 0. The molecule has 3 rings (SSSR count). The van der Waals surface area contributed by atoms with Crippen molar-refractivity contribution in [1.29, 1.82) is 0 Å². The fourth-order valence-electron chi connectivity index (χ4n) is 3.74. The number of carbonyl (C=O) groups excluding carboxylic acids is 1. The largest absolute Gasteiger partial charge is 0.304 e. The molecule has 2 nitrogen and oxygen atoms in total. The van der Waals surface area contributed by atoms with Gasteiger partial charge in [0.2, 0.25) is 0 Å². The van der Waals surface area contributed by atoms with E-state index in [1.54, 1.807) is 0 Å². The van der Waals surface area contributed by atoms with Crippen LogP contribution in [0.15, 0.2) is 18.2 Å². The lowest BCUT2D eigenvalue weighted by atomic mass is 9.77. The maximum absolute atomic E-state index is 13.6. The van der Waals surface area contributed by atoms with Gasteiger partial charge in [0.15, 0.2) is 5.78 Å². The number of hydrogen-bond acceptors (Lipinski definition) is 2. The monoisotopic (exact) mass is 293 g/mol. The molecule has 1 aromatic carbocycles. The fourth-order valence-corrected chi connectivity index (χ4v) is 3.74. The van der Waals surface area contributed by atoms with Crippen LogP contribution in [0.1, 0.15) is 44.1 Å². The zero-order chi connectivity index (χ0) is 14.8. The highest BCUT2D eigenvalue weighted by Crippen LogP contribution is 2.32. The standard InChI is InChI=1S/C17H21F2NO/c18-13-6-7-14(19)12(9-13)10-17(21)16-8-5-11-3-1-2-4-15(11)20-16/h6-7,9,11,15-16,20H,1-5,8,10H2. The molecule has 3 unspecified atom stereocenters. The molecule has 1 aliphatic heterocycles. The first-order valence-corrected chi connectivity index (χ1v) is 7.86. The molecule has 2 fully saturated rings. The summed E-state index contributed by atoms with van der Waals surface area (Å²) in [4.78, 5) is 12.4. The molecule has 1 aliphatic carbocycles. The maximum Gasteiger partial charge on any atom is 0.154 e. The predicted octanol–water partition coefficient (Wildman–Crippen LogP) is 3.39. The minimum Gasteiger partial charge on any atom is -0.304 e. The lowest BCUT2D eigenvalue weighted by Gasteiger charge is -2.40. The number of benzene rings is 1. The van der Waals surface area contributed by atoms with Crippen molar-refractivity contribution in [3.8, 4) is 0 Å². The fraction of sp³-hybridized carbons (Fsp3) is 0.588. The summed E-state index contributed by atoms with van der Waals surface area (Å²) in [6.45, 7) is 0. The molecule has 0 amide bonds. The number of nitrogens with one attached hydrogen (secondary N) is 1. The van der Waals surface area contributed by atoms with Gasteiger partial charge in [-0.05, 0) is 55.4 Å². The minimum atomic E-state index is -0.504. The average molecular weight is 293 g/mol. The quantitative estimate of drug-likeness (QED) is 0.925. The topological polar surface area (TPSA) is 29.1 Å². The van der Waals surface area contributed by atoms with Crippen molar-refractivity contribution in [2.24, 2.45) is 5.92 Å². The summed E-state index contributed by atoms with van der Waals surface area (Å²) in [6, 6.07) is 3.52. The van der Waals surface area contributed by atoms with E-state index in [9.17, 15) is 13.6 Å². The molecule has 1 N–H and O–H groups in total. The molecule has 0 aromatic heterocycles. The Bertz CT molecular complexity index is 532. The second-order valence-corrected chi connectivity index (χ2v) is 6.33. The van der Waals surface area contributed by atoms with Gasteiger partial charge in [0.1, 0.15) is 11.6 Å². The van der Waals surface area contributed by atoms with Crippen LogP contribution in [0.2, 0.25) is 0 Å². The first-order valence-electron chi connectivity index (χ1n) is 7.86. The van der Waals surface area contributed by atoms with E-state index in [-0.39, 0.29) is 23.8 Å². The van der Waals surface area contributed by atoms with Crippen molar-refractivity contribution < 1.29 is 13.6 Å². The lowest BCUT2D eigenvalue weighted by molar-refractivity contribution is -0.121. The zero-order valence-corrected chi connectivity index (χ0v) is 12.1. The number of fused-ring (bicyclic) bond motifs is 1. The van der Waals surface area contributed by atoms with E-state index in [4.69, 9.17) is 0 Å². The maximum atomic E-state index is 13.6. The second kappa shape index (κ2) is 6.22. The molecule has 4 heteroatoms. The highest BCUT2D eigenvalue weighted by molar-refractivity contribution is 5.86. The Hall–Kier alpha value is -1.29. The number of ketones is 1. The number of rotatable bonds is 3. The zero-order valence-electron chi connectivity index (χ0n) is 12.1. The molecule has 1 saturated carbocycles. The Morgan fingerprint density at radius 2 is 1.95 bits per heavy atom. The van der Waals surface area contributed by atoms with Gasteiger partial charge in [0, 0.05) is 12.5 Å². The van der Waals surface area contributed by atoms with Gasteiger partial charge in [-0.25, -0.2) is 8.78 Å². The molecular weight excluding hydrogens is 272 g/mol. The van der Waals surface area contributed by atoms with Crippen LogP contribution in [-0.2, 0) is 11.2 Å². The second-order valence-electron chi connectivity index (χ2n) is 6.33. The number of hydrogen-bond donors (Lipinski definition) is 1. The van der Waals surface area contributed by atoms with E-state index in [1.165, 1.54) is 19.3 Å². The highest BCUT2D eigenvalue weighted by atomic mass is 19.1. The van der Waals surface area contributed by atoms with E-state index >= 15 is 0 Å². The Morgan fingerprint density at radius 1 is 1.14 bits per heavy atom. The Kier molecular flexibility index (Phi) is 4.34. The smallest absolute Gasteiger partial charge is 0.154 e. The molecular formula is C17H21F2NO. The van der Waals surface area contributed by atoms with Crippen LogP contribution in [-0.4, -0.2) is 17.9 Å². The van der Waals surface area contributed by atoms with Crippen molar-refractivity contribution >= 4 is 5.78 Å². The summed E-state index contributed by atoms with van der Waals surface area (Å²) in [5.41, 5.74) is 0.160. The molecule has 21 heavy (non-hydrogen) atoms. The summed E-state index contributed by atoms with van der Waals surface area (Å²) in [6.07, 6.45) is 6.73. The van der Waals surface area contributed by atoms with Gasteiger partial charge in [-0.15, -0.1) is 0 Å². The lowest BCUT2D eigenvalue weighted by Crippen LogP contribution is -2.52. The molecule has 1 heterocycles. The van der Waals surface area contributed by atoms with Crippen LogP contribution < -0.4 is 5.32 Å². The molecule has 0 radical (unpaired) electrons. The summed E-state index contributed by atoms with van der Waals surface area (Å²) < 4.78 is 26.8. The third-order valence-corrected chi connectivity index (χ3v) is 4.91. The van der Waals surface area contributed by atoms with Crippen LogP contribution >= 0.6 is 0 Å². The van der Waals surface area contributed by atoms with E-state index in [0.717, 1.165) is 37.5 Å². The van der Waals surface area contributed by atoms with Crippen LogP contribution in [0.5, 0.6) is 0 Å². The van der Waals surface area contributed by atoms with Crippen molar-refractivity contribution in [1.82, 2.24) is 5.32 Å². The van der Waals surface area contributed by atoms with Gasteiger partial charge < -0.3 is 5.32 Å². The average Bonchev–Trinajstić information content (AvgIpc) is 2.50. The molecule has 2 aliphatic rings. The molecule has 1 saturated heterocycles. The van der Waals surface area contributed by atoms with Gasteiger partial charge in [-0.1, -0.05) is 12.8 Å². The predicted molar refractivity (Wildman–Crippen MR) is 77.0 cm³/mol. The third-order valence-electron chi connectivity index (χ3n) is 4.91. The third kappa shape index (κ3) is 3.31. The SMILES string of the molecule is O=C(Cc1cc(F)ccc1F)C1CCC2CCCCC2N1. The Morgan fingerprint density at radius 3 is 2.81 bits per heavy atom. The first-order chi connectivity index (χ1) is 10.1. The number of halogens is 2. The van der Waals surface area contributed by atoms with E-state index in [2.05, 4.69) is 5.32 Å². The van der Waals surface area contributed by atoms with Gasteiger partial charge in [-0.3, -0.25) is 4.79 Å². The normalized spacial score (nSPS) is 29.0. The molecule has 1 aromatic rings. The van der Waals surface area contributed by atoms with Crippen LogP contribution in [0.4, 0.5) is 8.78 Å². The van der Waals surface area contributed by atoms with Crippen LogP contribution in [0.3, 0.4) is 0 Å². The highest BCUT2D eigenvalue weighted by Gasteiger charge is 2.34. The van der Waals surface area contributed by atoms with Gasteiger partial charge in [0.25, 0.3) is 0 Å². The van der Waals surface area contributed by atoms with Crippen molar-refractivity contribution in [2.75, 3.05) is 0 Å². The van der Waals surface area contributed by atoms with Gasteiger partial charge in [-0.2, -0.15) is 0 Å². The molecule has 3 atom stereocenters. The van der Waals surface area contributed by atoms with E-state index < -0.39 is 11.6 Å². The Labute approximate surface area is 123 Å². The first kappa shape index (κ1) is 14.6. The van der Waals surface area contributed by atoms with Crippen LogP contribution in [0, 0.1) is 17.6 Å². The number of piperidine rings is 1. The minimum absolute atomic E-state index is 0.0245. The molecule has 0 spiro atoms. The summed E-state index contributed by atoms with van der Waals surface area (Å²) in [5.74, 6) is -0.337. The van der Waals surface area contributed by atoms with E-state index in [0.29, 0.717) is 12.0 Å². The molecule has 114 valence electrons. The number of carbonyl (C=O) groups is 1. The van der Waals surface area contributed by atoms with Gasteiger partial charge >= 0.3 is 0 Å².